The summed E-state index contributed by atoms with van der Waals surface area (Å²) < 4.78 is 16.7. The number of hydrogen-bond donors (Lipinski definition) is 2. The first-order valence-corrected chi connectivity index (χ1v) is 8.89. The second-order valence-corrected chi connectivity index (χ2v) is 7.76. The number of rotatable bonds is 3. The molecule has 0 saturated carbocycles. The predicted molar refractivity (Wildman–Crippen MR) is 98.5 cm³/mol. The second kappa shape index (κ2) is 7.12. The maximum atomic E-state index is 5.62. The van der Waals surface area contributed by atoms with Crippen molar-refractivity contribution < 1.29 is 14.2 Å². The Hall–Kier alpha value is -1.95. The summed E-state index contributed by atoms with van der Waals surface area (Å²) in [5.74, 6) is 2.48. The Morgan fingerprint density at radius 1 is 1.16 bits per heavy atom. The van der Waals surface area contributed by atoms with Crippen LogP contribution >= 0.6 is 0 Å². The fraction of sp³-hybridized carbons (Fsp3) is 0.632. The van der Waals surface area contributed by atoms with E-state index in [1.165, 1.54) is 5.56 Å². The van der Waals surface area contributed by atoms with Gasteiger partial charge in [-0.05, 0) is 51.3 Å². The van der Waals surface area contributed by atoms with Crippen molar-refractivity contribution in [1.82, 2.24) is 10.6 Å². The molecule has 0 radical (unpaired) electrons. The van der Waals surface area contributed by atoms with Gasteiger partial charge in [0.25, 0.3) is 0 Å². The van der Waals surface area contributed by atoms with E-state index in [0.717, 1.165) is 50.1 Å². The van der Waals surface area contributed by atoms with Gasteiger partial charge in [-0.2, -0.15) is 0 Å². The van der Waals surface area contributed by atoms with E-state index < -0.39 is 0 Å². The van der Waals surface area contributed by atoms with Crippen LogP contribution in [-0.4, -0.2) is 45.1 Å². The summed E-state index contributed by atoms with van der Waals surface area (Å²) in [4.78, 5) is 4.36. The molecular formula is C19H29N3O3. The smallest absolute Gasteiger partial charge is 0.231 e. The van der Waals surface area contributed by atoms with Gasteiger partial charge in [-0.3, -0.25) is 4.99 Å². The Morgan fingerprint density at radius 3 is 2.56 bits per heavy atom. The molecule has 2 heterocycles. The third-order valence-corrected chi connectivity index (χ3v) is 4.75. The van der Waals surface area contributed by atoms with Gasteiger partial charge in [-0.25, -0.2) is 0 Å². The van der Waals surface area contributed by atoms with Gasteiger partial charge in [0.05, 0.1) is 0 Å². The Morgan fingerprint density at radius 2 is 1.88 bits per heavy atom. The maximum Gasteiger partial charge on any atom is 0.231 e. The van der Waals surface area contributed by atoms with Crippen LogP contribution in [0.2, 0.25) is 0 Å². The van der Waals surface area contributed by atoms with Gasteiger partial charge in [0.1, 0.15) is 0 Å². The topological polar surface area (TPSA) is 64.1 Å². The molecule has 2 N–H and O–H groups in total. The molecule has 1 fully saturated rings. The Bertz CT molecular complexity index is 631. The van der Waals surface area contributed by atoms with E-state index in [9.17, 15) is 0 Å². The Balaban J connectivity index is 1.79. The lowest BCUT2D eigenvalue weighted by Gasteiger charge is -2.38. The molecule has 25 heavy (non-hydrogen) atoms. The number of benzene rings is 1. The van der Waals surface area contributed by atoms with Crippen LogP contribution in [0, 0.1) is 0 Å². The third kappa shape index (κ3) is 4.18. The zero-order valence-electron chi connectivity index (χ0n) is 15.6. The van der Waals surface area contributed by atoms with E-state index in [4.69, 9.17) is 14.2 Å². The molecule has 1 saturated heterocycles. The number of aliphatic imine (C=N–C) groups is 1. The molecule has 2 aliphatic heterocycles. The number of guanidine groups is 1. The van der Waals surface area contributed by atoms with Gasteiger partial charge in [0, 0.05) is 37.8 Å². The summed E-state index contributed by atoms with van der Waals surface area (Å²) in [6.45, 7) is 9.01. The molecule has 3 rings (SSSR count). The molecule has 0 bridgehead atoms. The van der Waals surface area contributed by atoms with Crippen molar-refractivity contribution in [2.24, 2.45) is 4.99 Å². The summed E-state index contributed by atoms with van der Waals surface area (Å²) in [7, 11) is 1.80. The zero-order valence-corrected chi connectivity index (χ0v) is 15.6. The van der Waals surface area contributed by atoms with E-state index in [0.29, 0.717) is 6.79 Å². The van der Waals surface area contributed by atoms with E-state index in [2.05, 4.69) is 48.5 Å². The molecule has 6 heteroatoms. The average Bonchev–Trinajstić information content (AvgIpc) is 3.06. The zero-order chi connectivity index (χ0) is 17.9. The van der Waals surface area contributed by atoms with Crippen LogP contribution in [0.4, 0.5) is 0 Å². The minimum atomic E-state index is -0.0383. The lowest BCUT2D eigenvalue weighted by Crippen LogP contribution is -2.52. The molecule has 0 unspecified atom stereocenters. The van der Waals surface area contributed by atoms with E-state index in [1.807, 2.05) is 6.07 Å². The predicted octanol–water partition coefficient (Wildman–Crippen LogP) is 2.43. The Kier molecular flexibility index (Phi) is 5.08. The monoisotopic (exact) mass is 347 g/mol. The minimum Gasteiger partial charge on any atom is -0.454 e. The lowest BCUT2D eigenvalue weighted by atomic mass is 9.74. The number of hydrogen-bond acceptors (Lipinski definition) is 4. The van der Waals surface area contributed by atoms with Gasteiger partial charge in [0.2, 0.25) is 6.79 Å². The first-order chi connectivity index (χ1) is 11.9. The molecule has 0 amide bonds. The highest BCUT2D eigenvalue weighted by Crippen LogP contribution is 2.40. The lowest BCUT2D eigenvalue weighted by molar-refractivity contribution is 0.0513. The SMILES string of the molecule is CN=C(NCC1(c2ccc3c(c2)OCO3)CCOCC1)NC(C)(C)C. The van der Waals surface area contributed by atoms with Crippen molar-refractivity contribution in [1.29, 1.82) is 0 Å². The van der Waals surface area contributed by atoms with E-state index in [1.54, 1.807) is 7.05 Å². The van der Waals surface area contributed by atoms with Crippen LogP contribution in [0.1, 0.15) is 39.2 Å². The summed E-state index contributed by atoms with van der Waals surface area (Å²) in [6.07, 6.45) is 1.93. The third-order valence-electron chi connectivity index (χ3n) is 4.75. The van der Waals surface area contributed by atoms with Crippen LogP contribution in [0.25, 0.3) is 0 Å². The van der Waals surface area contributed by atoms with Crippen molar-refractivity contribution >= 4 is 5.96 Å². The molecule has 2 aliphatic rings. The highest BCUT2D eigenvalue weighted by molar-refractivity contribution is 5.80. The molecular weight excluding hydrogens is 318 g/mol. The molecule has 138 valence electrons. The van der Waals surface area contributed by atoms with Crippen molar-refractivity contribution in [2.75, 3.05) is 33.6 Å². The Labute approximate surface area is 149 Å². The van der Waals surface area contributed by atoms with E-state index >= 15 is 0 Å². The largest absolute Gasteiger partial charge is 0.454 e. The second-order valence-electron chi connectivity index (χ2n) is 7.76. The van der Waals surface area contributed by atoms with Crippen LogP contribution in [0.15, 0.2) is 23.2 Å². The van der Waals surface area contributed by atoms with E-state index in [-0.39, 0.29) is 11.0 Å². The number of nitrogens with zero attached hydrogens (tertiary/aromatic N) is 1. The fourth-order valence-corrected chi connectivity index (χ4v) is 3.34. The maximum absolute atomic E-state index is 5.62. The quantitative estimate of drug-likeness (QED) is 0.649. The van der Waals surface area contributed by atoms with Crippen molar-refractivity contribution in [3.8, 4) is 11.5 Å². The van der Waals surface area contributed by atoms with Crippen LogP contribution in [0.5, 0.6) is 11.5 Å². The molecule has 0 spiro atoms. The minimum absolute atomic E-state index is 0.00522. The average molecular weight is 347 g/mol. The van der Waals surface area contributed by atoms with Crippen LogP contribution < -0.4 is 20.1 Å². The first-order valence-electron chi connectivity index (χ1n) is 8.89. The summed E-state index contributed by atoms with van der Waals surface area (Å²) >= 11 is 0. The molecule has 0 aliphatic carbocycles. The summed E-state index contributed by atoms with van der Waals surface area (Å²) in [5.41, 5.74) is 1.22. The van der Waals surface area contributed by atoms with Crippen LogP contribution in [-0.2, 0) is 10.2 Å². The normalized spacial score (nSPS) is 19.6. The fourth-order valence-electron chi connectivity index (χ4n) is 3.34. The molecule has 1 aromatic carbocycles. The molecule has 0 aromatic heterocycles. The summed E-state index contributed by atoms with van der Waals surface area (Å²) in [6, 6.07) is 6.28. The van der Waals surface area contributed by atoms with Crippen molar-refractivity contribution in [3.05, 3.63) is 23.8 Å². The highest BCUT2D eigenvalue weighted by Gasteiger charge is 2.36. The molecule has 0 atom stereocenters. The van der Waals surface area contributed by atoms with Crippen molar-refractivity contribution in [2.45, 2.75) is 44.6 Å². The molecule has 6 nitrogen and oxygen atoms in total. The standard InChI is InChI=1S/C19H29N3O3/c1-18(2,3)22-17(20-4)21-12-19(7-9-23-10-8-19)14-5-6-15-16(11-14)25-13-24-15/h5-6,11H,7-10,12-13H2,1-4H3,(H2,20,21,22). The summed E-state index contributed by atoms with van der Waals surface area (Å²) in [5, 5.41) is 6.93. The number of ether oxygens (including phenoxy) is 3. The number of nitrogens with one attached hydrogen (secondary N) is 2. The highest BCUT2D eigenvalue weighted by atomic mass is 16.7. The van der Waals surface area contributed by atoms with Gasteiger partial charge in [0.15, 0.2) is 17.5 Å². The van der Waals surface area contributed by atoms with Crippen molar-refractivity contribution in [3.63, 3.8) is 0 Å². The van der Waals surface area contributed by atoms with Gasteiger partial charge < -0.3 is 24.8 Å². The number of fused-ring (bicyclic) bond motifs is 1. The first kappa shape index (κ1) is 17.9. The molecule has 1 aromatic rings. The van der Waals surface area contributed by atoms with Gasteiger partial charge >= 0.3 is 0 Å². The van der Waals surface area contributed by atoms with Gasteiger partial charge in [-0.1, -0.05) is 6.07 Å². The van der Waals surface area contributed by atoms with Gasteiger partial charge in [-0.15, -0.1) is 0 Å². The van der Waals surface area contributed by atoms with Crippen LogP contribution in [0.3, 0.4) is 0 Å².